The van der Waals surface area contributed by atoms with E-state index in [1.165, 1.54) is 11.3 Å². The second-order valence-corrected chi connectivity index (χ2v) is 6.53. The molecule has 0 fully saturated rings. The third-order valence-corrected chi connectivity index (χ3v) is 4.56. The van der Waals surface area contributed by atoms with Gasteiger partial charge in [0.1, 0.15) is 0 Å². The van der Waals surface area contributed by atoms with Gasteiger partial charge in [-0.05, 0) is 48.6 Å². The van der Waals surface area contributed by atoms with Gasteiger partial charge in [0.2, 0.25) is 0 Å². The highest BCUT2D eigenvalue weighted by atomic mass is 32.1. The second kappa shape index (κ2) is 5.04. The van der Waals surface area contributed by atoms with E-state index < -0.39 is 0 Å². The first kappa shape index (κ1) is 13.2. The van der Waals surface area contributed by atoms with Crippen LogP contribution in [0.3, 0.4) is 0 Å². The number of nitrogens with zero attached hydrogens (tertiary/aromatic N) is 1. The number of aromatic nitrogens is 3. The molecule has 1 amide bonds. The SMILES string of the molecule is O=C(Nc1ccc2[nH]c(=S)sc2c1)c1ccc2nc[nH]c2c1. The van der Waals surface area contributed by atoms with Gasteiger partial charge >= 0.3 is 0 Å². The Morgan fingerprint density at radius 3 is 3.00 bits per heavy atom. The van der Waals surface area contributed by atoms with Gasteiger partial charge in [0.25, 0.3) is 5.91 Å². The molecular formula is C15H10N4OS2. The second-order valence-electron chi connectivity index (χ2n) is 4.81. The lowest BCUT2D eigenvalue weighted by atomic mass is 10.2. The first-order chi connectivity index (χ1) is 10.7. The van der Waals surface area contributed by atoms with E-state index in [0.29, 0.717) is 5.56 Å². The number of benzene rings is 2. The molecule has 0 radical (unpaired) electrons. The molecular weight excluding hydrogens is 316 g/mol. The molecule has 3 N–H and O–H groups in total. The Kier molecular flexibility index (Phi) is 3.02. The van der Waals surface area contributed by atoms with Gasteiger partial charge in [0, 0.05) is 11.3 Å². The fourth-order valence-electron chi connectivity index (χ4n) is 2.30. The zero-order valence-corrected chi connectivity index (χ0v) is 12.8. The highest BCUT2D eigenvalue weighted by Crippen LogP contribution is 2.23. The molecule has 0 atom stereocenters. The molecule has 22 heavy (non-hydrogen) atoms. The quantitative estimate of drug-likeness (QED) is 0.486. The standard InChI is InChI=1S/C15H10N4OS2/c20-14(8-1-3-10-12(5-8)17-7-16-10)18-9-2-4-11-13(6-9)22-15(21)19-11/h1-7H,(H,16,17)(H,18,20)(H,19,21). The molecule has 108 valence electrons. The fourth-order valence-corrected chi connectivity index (χ4v) is 3.46. The van der Waals surface area contributed by atoms with Crippen LogP contribution in [0.4, 0.5) is 5.69 Å². The molecule has 0 spiro atoms. The van der Waals surface area contributed by atoms with E-state index in [2.05, 4.69) is 20.3 Å². The molecule has 4 rings (SSSR count). The van der Waals surface area contributed by atoms with Crippen LogP contribution in [0.25, 0.3) is 21.3 Å². The van der Waals surface area contributed by atoms with Crippen molar-refractivity contribution in [3.05, 3.63) is 52.2 Å². The zero-order chi connectivity index (χ0) is 15.1. The van der Waals surface area contributed by atoms with Crippen LogP contribution < -0.4 is 5.32 Å². The number of anilines is 1. The molecule has 2 heterocycles. The van der Waals surface area contributed by atoms with E-state index >= 15 is 0 Å². The molecule has 0 aliphatic carbocycles. The Balaban J connectivity index is 1.65. The average molecular weight is 326 g/mol. The average Bonchev–Trinajstić information content (AvgIpc) is 3.10. The molecule has 0 aliphatic heterocycles. The Bertz CT molecular complexity index is 1060. The van der Waals surface area contributed by atoms with E-state index in [4.69, 9.17) is 12.2 Å². The maximum Gasteiger partial charge on any atom is 0.255 e. The van der Waals surface area contributed by atoms with Gasteiger partial charge in [-0.3, -0.25) is 4.79 Å². The molecule has 0 bridgehead atoms. The molecule has 0 saturated heterocycles. The van der Waals surface area contributed by atoms with Crippen molar-refractivity contribution in [2.45, 2.75) is 0 Å². The van der Waals surface area contributed by atoms with Crippen LogP contribution in [0.2, 0.25) is 0 Å². The summed E-state index contributed by atoms with van der Waals surface area (Å²) in [5, 5.41) is 2.90. The van der Waals surface area contributed by atoms with Crippen molar-refractivity contribution in [2.24, 2.45) is 0 Å². The lowest BCUT2D eigenvalue weighted by molar-refractivity contribution is 0.102. The van der Waals surface area contributed by atoms with Gasteiger partial charge in [-0.2, -0.15) is 0 Å². The summed E-state index contributed by atoms with van der Waals surface area (Å²) in [4.78, 5) is 22.6. The van der Waals surface area contributed by atoms with Crippen LogP contribution in [0, 0.1) is 3.95 Å². The van der Waals surface area contributed by atoms with Gasteiger partial charge in [0.05, 0.1) is 27.6 Å². The van der Waals surface area contributed by atoms with Crippen LogP contribution in [0.15, 0.2) is 42.7 Å². The first-order valence-electron chi connectivity index (χ1n) is 6.56. The van der Waals surface area contributed by atoms with Gasteiger partial charge < -0.3 is 15.3 Å². The van der Waals surface area contributed by atoms with E-state index in [-0.39, 0.29) is 5.91 Å². The highest BCUT2D eigenvalue weighted by molar-refractivity contribution is 7.73. The Labute approximate surface area is 134 Å². The maximum absolute atomic E-state index is 12.4. The van der Waals surface area contributed by atoms with Gasteiger partial charge in [-0.25, -0.2) is 4.98 Å². The van der Waals surface area contributed by atoms with Crippen LogP contribution in [0.5, 0.6) is 0 Å². The minimum atomic E-state index is -0.157. The molecule has 7 heteroatoms. The lowest BCUT2D eigenvalue weighted by Crippen LogP contribution is -2.11. The number of H-pyrrole nitrogens is 2. The van der Waals surface area contributed by atoms with Crippen molar-refractivity contribution in [3.63, 3.8) is 0 Å². The summed E-state index contributed by atoms with van der Waals surface area (Å²) in [6, 6.07) is 11.1. The number of hydrogen-bond donors (Lipinski definition) is 3. The number of aromatic amines is 2. The third-order valence-electron chi connectivity index (χ3n) is 3.36. The maximum atomic E-state index is 12.4. The molecule has 0 aliphatic rings. The van der Waals surface area contributed by atoms with Crippen LogP contribution >= 0.6 is 23.6 Å². The van der Waals surface area contributed by atoms with E-state index in [0.717, 1.165) is 30.9 Å². The molecule has 2 aromatic heterocycles. The van der Waals surface area contributed by atoms with E-state index in [9.17, 15) is 4.79 Å². The molecule has 5 nitrogen and oxygen atoms in total. The first-order valence-corrected chi connectivity index (χ1v) is 7.79. The number of nitrogens with one attached hydrogen (secondary N) is 3. The molecule has 0 unspecified atom stereocenters. The highest BCUT2D eigenvalue weighted by Gasteiger charge is 2.08. The lowest BCUT2D eigenvalue weighted by Gasteiger charge is -2.05. The number of carbonyl (C=O) groups excluding carboxylic acids is 1. The summed E-state index contributed by atoms with van der Waals surface area (Å²) in [6.45, 7) is 0. The predicted octanol–water partition coefficient (Wildman–Crippen LogP) is 4.09. The molecule has 2 aromatic carbocycles. The Hall–Kier alpha value is -2.51. The van der Waals surface area contributed by atoms with E-state index in [1.807, 2.05) is 24.3 Å². The normalized spacial score (nSPS) is 11.1. The third kappa shape index (κ3) is 2.30. The fraction of sp³-hybridized carbons (Fsp3) is 0. The van der Waals surface area contributed by atoms with Gasteiger partial charge in [-0.1, -0.05) is 0 Å². The van der Waals surface area contributed by atoms with Crippen molar-refractivity contribution < 1.29 is 4.79 Å². The number of fused-ring (bicyclic) bond motifs is 2. The number of amides is 1. The minimum absolute atomic E-state index is 0.157. The van der Waals surface area contributed by atoms with E-state index in [1.54, 1.807) is 18.5 Å². The molecule has 4 aromatic rings. The van der Waals surface area contributed by atoms with Gasteiger partial charge in [0.15, 0.2) is 3.95 Å². The van der Waals surface area contributed by atoms with Crippen molar-refractivity contribution in [2.75, 3.05) is 5.32 Å². The Morgan fingerprint density at radius 2 is 2.09 bits per heavy atom. The summed E-state index contributed by atoms with van der Waals surface area (Å²) in [5.41, 5.74) is 3.98. The number of rotatable bonds is 2. The van der Waals surface area contributed by atoms with Crippen molar-refractivity contribution >= 4 is 56.4 Å². The predicted molar refractivity (Wildman–Crippen MR) is 91.1 cm³/mol. The van der Waals surface area contributed by atoms with Crippen LogP contribution in [-0.2, 0) is 0 Å². The van der Waals surface area contributed by atoms with Crippen LogP contribution in [0.1, 0.15) is 10.4 Å². The molecule has 0 saturated carbocycles. The summed E-state index contributed by atoms with van der Waals surface area (Å²) in [6.07, 6.45) is 1.61. The monoisotopic (exact) mass is 326 g/mol. The smallest absolute Gasteiger partial charge is 0.255 e. The minimum Gasteiger partial charge on any atom is -0.345 e. The van der Waals surface area contributed by atoms with Crippen molar-refractivity contribution in [1.29, 1.82) is 0 Å². The number of thiazole rings is 1. The number of imidazole rings is 1. The summed E-state index contributed by atoms with van der Waals surface area (Å²) in [5.74, 6) is -0.157. The topological polar surface area (TPSA) is 73.6 Å². The largest absolute Gasteiger partial charge is 0.345 e. The van der Waals surface area contributed by atoms with Crippen LogP contribution in [-0.4, -0.2) is 20.9 Å². The summed E-state index contributed by atoms with van der Waals surface area (Å²) >= 11 is 6.61. The van der Waals surface area contributed by atoms with Crippen molar-refractivity contribution in [3.8, 4) is 0 Å². The number of hydrogen-bond acceptors (Lipinski definition) is 4. The zero-order valence-electron chi connectivity index (χ0n) is 11.2. The van der Waals surface area contributed by atoms with Crippen molar-refractivity contribution in [1.82, 2.24) is 15.0 Å². The number of carbonyl (C=O) groups is 1. The summed E-state index contributed by atoms with van der Waals surface area (Å²) in [7, 11) is 0. The van der Waals surface area contributed by atoms with Gasteiger partial charge in [-0.15, -0.1) is 11.3 Å². The summed E-state index contributed by atoms with van der Waals surface area (Å²) < 4.78 is 1.75. The Morgan fingerprint density at radius 1 is 1.18 bits per heavy atom.